The fourth-order valence-electron chi connectivity index (χ4n) is 5.30. The van der Waals surface area contributed by atoms with Gasteiger partial charge in [0.2, 0.25) is 15.9 Å². The lowest BCUT2D eigenvalue weighted by Crippen LogP contribution is -2.49. The highest BCUT2D eigenvalue weighted by atomic mass is 32.2. The zero-order chi connectivity index (χ0) is 20.4. The summed E-state index contributed by atoms with van der Waals surface area (Å²) >= 11 is 0. The second-order valence-corrected chi connectivity index (χ2v) is 10.7. The van der Waals surface area contributed by atoms with Crippen molar-refractivity contribution >= 4 is 15.9 Å². The summed E-state index contributed by atoms with van der Waals surface area (Å²) in [5, 5.41) is 0. The summed E-state index contributed by atoms with van der Waals surface area (Å²) in [5.41, 5.74) is 0. The summed E-state index contributed by atoms with van der Waals surface area (Å²) in [6.45, 7) is 2.60. The van der Waals surface area contributed by atoms with E-state index in [1.54, 1.807) is 31.4 Å². The SMILES string of the molecule is COc1ccc(S(=O)(=O)N2CCC(C(=O)N3CC[C@@H]4CCCC[C@H]4C3)CC2)cc1. The number of hydrogen-bond donors (Lipinski definition) is 0. The summed E-state index contributed by atoms with van der Waals surface area (Å²) in [4.78, 5) is 15.4. The molecule has 2 atom stereocenters. The molecule has 160 valence electrons. The molecule has 7 heteroatoms. The smallest absolute Gasteiger partial charge is 0.243 e. The zero-order valence-electron chi connectivity index (χ0n) is 17.3. The second-order valence-electron chi connectivity index (χ2n) is 8.73. The van der Waals surface area contributed by atoms with Gasteiger partial charge in [0, 0.05) is 32.1 Å². The Bertz CT molecular complexity index is 816. The Balaban J connectivity index is 1.34. The van der Waals surface area contributed by atoms with E-state index in [2.05, 4.69) is 4.90 Å². The molecule has 4 rings (SSSR count). The van der Waals surface area contributed by atoms with Crippen molar-refractivity contribution in [2.45, 2.75) is 49.8 Å². The molecule has 2 saturated heterocycles. The topological polar surface area (TPSA) is 66.9 Å². The first-order chi connectivity index (χ1) is 14.0. The summed E-state index contributed by atoms with van der Waals surface area (Å²) < 4.78 is 32.5. The first-order valence-corrected chi connectivity index (χ1v) is 12.4. The highest BCUT2D eigenvalue weighted by Crippen LogP contribution is 2.37. The van der Waals surface area contributed by atoms with Crippen LogP contribution in [0.1, 0.15) is 44.9 Å². The van der Waals surface area contributed by atoms with E-state index in [1.165, 1.54) is 30.0 Å². The van der Waals surface area contributed by atoms with Gasteiger partial charge in [0.05, 0.1) is 12.0 Å². The van der Waals surface area contributed by atoms with E-state index >= 15 is 0 Å². The van der Waals surface area contributed by atoms with E-state index in [1.807, 2.05) is 0 Å². The fraction of sp³-hybridized carbons (Fsp3) is 0.682. The first-order valence-electron chi connectivity index (χ1n) is 10.9. The number of hydrogen-bond acceptors (Lipinski definition) is 4. The van der Waals surface area contributed by atoms with Crippen LogP contribution in [0.5, 0.6) is 5.75 Å². The predicted octanol–water partition coefficient (Wildman–Crippen LogP) is 3.13. The van der Waals surface area contributed by atoms with Gasteiger partial charge in [-0.25, -0.2) is 8.42 Å². The molecule has 1 aromatic carbocycles. The maximum absolute atomic E-state index is 13.1. The van der Waals surface area contributed by atoms with Crippen molar-refractivity contribution in [2.24, 2.45) is 17.8 Å². The number of fused-ring (bicyclic) bond motifs is 1. The number of benzene rings is 1. The molecule has 6 nitrogen and oxygen atoms in total. The maximum atomic E-state index is 13.1. The highest BCUT2D eigenvalue weighted by molar-refractivity contribution is 7.89. The standard InChI is InChI=1S/C22H32N2O4S/c1-28-20-6-8-21(9-7-20)29(26,27)24-14-11-18(12-15-24)22(25)23-13-10-17-4-2-3-5-19(17)16-23/h6-9,17-19H,2-5,10-16H2,1H3/t17-,19-/m0/s1. The lowest BCUT2D eigenvalue weighted by Gasteiger charge is -2.43. The Morgan fingerprint density at radius 1 is 0.931 bits per heavy atom. The number of rotatable bonds is 4. The molecule has 0 N–H and O–H groups in total. The normalized spacial score (nSPS) is 26.7. The molecule has 1 saturated carbocycles. The third-order valence-electron chi connectivity index (χ3n) is 7.10. The molecular weight excluding hydrogens is 388 g/mol. The van der Waals surface area contributed by atoms with Crippen molar-refractivity contribution < 1.29 is 17.9 Å². The van der Waals surface area contributed by atoms with Gasteiger partial charge in [0.25, 0.3) is 0 Å². The number of ether oxygens (including phenoxy) is 1. The largest absolute Gasteiger partial charge is 0.497 e. The van der Waals surface area contributed by atoms with Gasteiger partial charge >= 0.3 is 0 Å². The Morgan fingerprint density at radius 2 is 1.59 bits per heavy atom. The number of carbonyl (C=O) groups is 1. The summed E-state index contributed by atoms with van der Waals surface area (Å²) in [6, 6.07) is 6.50. The Kier molecular flexibility index (Phi) is 6.16. The van der Waals surface area contributed by atoms with Crippen molar-refractivity contribution in [3.05, 3.63) is 24.3 Å². The molecule has 1 amide bonds. The molecule has 1 aliphatic carbocycles. The van der Waals surface area contributed by atoms with Crippen molar-refractivity contribution in [3.63, 3.8) is 0 Å². The van der Waals surface area contributed by atoms with Gasteiger partial charge in [0.15, 0.2) is 0 Å². The predicted molar refractivity (Wildman–Crippen MR) is 111 cm³/mol. The maximum Gasteiger partial charge on any atom is 0.243 e. The van der Waals surface area contributed by atoms with E-state index in [0.29, 0.717) is 37.6 Å². The lowest BCUT2D eigenvalue weighted by molar-refractivity contribution is -0.139. The molecule has 0 spiro atoms. The molecule has 1 aromatic rings. The van der Waals surface area contributed by atoms with Crippen molar-refractivity contribution in [1.82, 2.24) is 9.21 Å². The van der Waals surface area contributed by atoms with Crippen LogP contribution >= 0.6 is 0 Å². The van der Waals surface area contributed by atoms with Gasteiger partial charge < -0.3 is 9.64 Å². The molecule has 29 heavy (non-hydrogen) atoms. The number of piperidine rings is 2. The van der Waals surface area contributed by atoms with Crippen LogP contribution in [0.2, 0.25) is 0 Å². The van der Waals surface area contributed by atoms with Crippen LogP contribution < -0.4 is 4.74 Å². The summed E-state index contributed by atoms with van der Waals surface area (Å²) in [6.07, 6.45) is 7.58. The van der Waals surface area contributed by atoms with Crippen LogP contribution in [-0.4, -0.2) is 56.8 Å². The van der Waals surface area contributed by atoms with Crippen LogP contribution in [0.15, 0.2) is 29.2 Å². The van der Waals surface area contributed by atoms with Gasteiger partial charge in [-0.1, -0.05) is 19.3 Å². The van der Waals surface area contributed by atoms with Crippen molar-refractivity contribution in [3.8, 4) is 5.75 Å². The molecule has 0 radical (unpaired) electrons. The van der Waals surface area contributed by atoms with Crippen LogP contribution in [0.25, 0.3) is 0 Å². The second kappa shape index (κ2) is 8.64. The third kappa shape index (κ3) is 4.31. The lowest BCUT2D eigenvalue weighted by atomic mass is 9.75. The Morgan fingerprint density at radius 3 is 2.24 bits per heavy atom. The minimum Gasteiger partial charge on any atom is -0.497 e. The number of methoxy groups -OCH3 is 1. The highest BCUT2D eigenvalue weighted by Gasteiger charge is 2.37. The minimum absolute atomic E-state index is 0.0440. The number of nitrogens with zero attached hydrogens (tertiary/aromatic N) is 2. The van der Waals surface area contributed by atoms with E-state index in [0.717, 1.165) is 25.4 Å². The Hall–Kier alpha value is -1.60. The zero-order valence-corrected chi connectivity index (χ0v) is 18.1. The van der Waals surface area contributed by atoms with E-state index in [9.17, 15) is 13.2 Å². The van der Waals surface area contributed by atoms with Crippen LogP contribution in [0.3, 0.4) is 0 Å². The van der Waals surface area contributed by atoms with Gasteiger partial charge in [-0.3, -0.25) is 4.79 Å². The Labute approximate surface area is 174 Å². The summed E-state index contributed by atoms with van der Waals surface area (Å²) in [5.74, 6) is 2.32. The fourth-order valence-corrected chi connectivity index (χ4v) is 6.77. The number of likely N-dealkylation sites (tertiary alicyclic amines) is 1. The van der Waals surface area contributed by atoms with Crippen molar-refractivity contribution in [2.75, 3.05) is 33.3 Å². The average molecular weight is 421 g/mol. The van der Waals surface area contributed by atoms with Gasteiger partial charge in [0.1, 0.15) is 5.75 Å². The van der Waals surface area contributed by atoms with Gasteiger partial charge in [-0.15, -0.1) is 0 Å². The van der Waals surface area contributed by atoms with E-state index in [4.69, 9.17) is 4.74 Å². The average Bonchev–Trinajstić information content (AvgIpc) is 2.78. The molecule has 2 aliphatic heterocycles. The third-order valence-corrected chi connectivity index (χ3v) is 9.02. The molecular formula is C22H32N2O4S. The molecule has 0 unspecified atom stereocenters. The van der Waals surface area contributed by atoms with Crippen molar-refractivity contribution in [1.29, 1.82) is 0 Å². The van der Waals surface area contributed by atoms with E-state index < -0.39 is 10.0 Å². The van der Waals surface area contributed by atoms with Gasteiger partial charge in [-0.05, 0) is 61.8 Å². The van der Waals surface area contributed by atoms with Crippen LogP contribution in [0, 0.1) is 17.8 Å². The first kappa shape index (κ1) is 20.7. The van der Waals surface area contributed by atoms with Crippen LogP contribution in [-0.2, 0) is 14.8 Å². The quantitative estimate of drug-likeness (QED) is 0.751. The molecule has 3 aliphatic rings. The number of amides is 1. The van der Waals surface area contributed by atoms with E-state index in [-0.39, 0.29) is 16.7 Å². The monoisotopic (exact) mass is 420 g/mol. The van der Waals surface area contributed by atoms with Gasteiger partial charge in [-0.2, -0.15) is 4.31 Å². The molecule has 2 heterocycles. The molecule has 0 bridgehead atoms. The number of carbonyl (C=O) groups excluding carboxylic acids is 1. The molecule has 0 aromatic heterocycles. The number of sulfonamides is 1. The summed E-state index contributed by atoms with van der Waals surface area (Å²) in [7, 11) is -1.97. The van der Waals surface area contributed by atoms with Crippen LogP contribution in [0.4, 0.5) is 0 Å². The minimum atomic E-state index is -3.52. The molecule has 3 fully saturated rings.